The van der Waals surface area contributed by atoms with Crippen molar-refractivity contribution in [2.24, 2.45) is 0 Å². The number of barbiturate groups is 1. The van der Waals surface area contributed by atoms with Crippen LogP contribution in [0.3, 0.4) is 0 Å². The zero-order chi connectivity index (χ0) is 21.1. The number of nitrogens with zero attached hydrogens (tertiary/aromatic N) is 1. The highest BCUT2D eigenvalue weighted by Gasteiger charge is 2.36. The van der Waals surface area contributed by atoms with Gasteiger partial charge in [-0.25, -0.2) is 9.69 Å². The van der Waals surface area contributed by atoms with Crippen LogP contribution in [-0.2, 0) is 9.59 Å². The van der Waals surface area contributed by atoms with Gasteiger partial charge >= 0.3 is 6.03 Å². The summed E-state index contributed by atoms with van der Waals surface area (Å²) >= 11 is 6.72. The summed E-state index contributed by atoms with van der Waals surface area (Å²) < 4.78 is 12.3. The normalized spacial score (nSPS) is 15.5. The van der Waals surface area contributed by atoms with Crippen LogP contribution in [0.5, 0.6) is 11.5 Å². The highest BCUT2D eigenvalue weighted by molar-refractivity contribution is 9.10. The second-order valence-corrected chi connectivity index (χ2v) is 7.67. The van der Waals surface area contributed by atoms with E-state index in [0.717, 1.165) is 9.37 Å². The summed E-state index contributed by atoms with van der Waals surface area (Å²) in [4.78, 5) is 38.5. The number of nitrogens with one attached hydrogen (secondary N) is 1. The number of rotatable bonds is 5. The van der Waals surface area contributed by atoms with E-state index in [4.69, 9.17) is 9.47 Å². The Hall–Kier alpha value is -2.65. The van der Waals surface area contributed by atoms with Gasteiger partial charge in [0.15, 0.2) is 11.5 Å². The predicted octanol–water partition coefficient (Wildman–Crippen LogP) is 4.29. The van der Waals surface area contributed by atoms with Gasteiger partial charge in [0.25, 0.3) is 11.8 Å². The largest absolute Gasteiger partial charge is 0.493 e. The molecule has 2 aromatic rings. The first-order chi connectivity index (χ1) is 13.8. The van der Waals surface area contributed by atoms with Gasteiger partial charge in [0.2, 0.25) is 0 Å². The number of carbonyl (C=O) groups excluding carboxylic acids is 3. The number of imide groups is 2. The number of benzene rings is 2. The first kappa shape index (κ1) is 21.1. The van der Waals surface area contributed by atoms with Crippen LogP contribution in [0.15, 0.2) is 50.9 Å². The smallest absolute Gasteiger partial charge is 0.335 e. The van der Waals surface area contributed by atoms with Crippen LogP contribution in [0.1, 0.15) is 12.5 Å². The van der Waals surface area contributed by atoms with Gasteiger partial charge in [0.1, 0.15) is 5.57 Å². The third-order valence-corrected chi connectivity index (χ3v) is 5.16. The average Bonchev–Trinajstić information content (AvgIpc) is 2.68. The Morgan fingerprint density at radius 1 is 1.10 bits per heavy atom. The molecule has 0 aliphatic carbocycles. The van der Waals surface area contributed by atoms with Crippen molar-refractivity contribution in [1.29, 1.82) is 0 Å². The second-order valence-electron chi connectivity index (χ2n) is 5.90. The summed E-state index contributed by atoms with van der Waals surface area (Å²) in [6.07, 6.45) is 1.40. The summed E-state index contributed by atoms with van der Waals surface area (Å²) in [5.41, 5.74) is 0.700. The van der Waals surface area contributed by atoms with E-state index >= 15 is 0 Å². The predicted molar refractivity (Wildman–Crippen MR) is 115 cm³/mol. The Kier molecular flexibility index (Phi) is 6.39. The number of anilines is 1. The lowest BCUT2D eigenvalue weighted by Gasteiger charge is -2.26. The van der Waals surface area contributed by atoms with E-state index in [1.807, 2.05) is 6.92 Å². The number of methoxy groups -OCH3 is 1. The highest BCUT2D eigenvalue weighted by atomic mass is 79.9. The topological polar surface area (TPSA) is 84.9 Å². The van der Waals surface area contributed by atoms with Gasteiger partial charge < -0.3 is 9.47 Å². The van der Waals surface area contributed by atoms with Crippen LogP contribution in [0.2, 0.25) is 0 Å². The van der Waals surface area contributed by atoms with E-state index in [9.17, 15) is 14.4 Å². The fraction of sp³-hybridized carbons (Fsp3) is 0.150. The molecule has 1 N–H and O–H groups in total. The van der Waals surface area contributed by atoms with Crippen LogP contribution < -0.4 is 19.7 Å². The molecular weight excluding hydrogens is 508 g/mol. The molecule has 2 aromatic carbocycles. The molecule has 0 bridgehead atoms. The van der Waals surface area contributed by atoms with E-state index < -0.39 is 17.8 Å². The number of ether oxygens (including phenoxy) is 2. The summed E-state index contributed by atoms with van der Waals surface area (Å²) in [6.45, 7) is 2.29. The maximum atomic E-state index is 12.9. The molecule has 0 unspecified atom stereocenters. The van der Waals surface area contributed by atoms with Crippen molar-refractivity contribution in [2.45, 2.75) is 6.92 Å². The fourth-order valence-corrected chi connectivity index (χ4v) is 3.59. The van der Waals surface area contributed by atoms with Gasteiger partial charge in [0, 0.05) is 4.47 Å². The van der Waals surface area contributed by atoms with Crippen LogP contribution in [0.25, 0.3) is 6.08 Å². The Morgan fingerprint density at radius 2 is 1.79 bits per heavy atom. The van der Waals surface area contributed by atoms with Crippen LogP contribution in [0.4, 0.5) is 10.5 Å². The maximum Gasteiger partial charge on any atom is 0.335 e. The van der Waals surface area contributed by atoms with Crippen molar-refractivity contribution in [2.75, 3.05) is 18.6 Å². The molecule has 1 saturated heterocycles. The van der Waals surface area contributed by atoms with Gasteiger partial charge in [-0.1, -0.05) is 15.9 Å². The minimum Gasteiger partial charge on any atom is -0.493 e. The van der Waals surface area contributed by atoms with E-state index in [1.165, 1.54) is 13.2 Å². The van der Waals surface area contributed by atoms with Crippen molar-refractivity contribution in [3.05, 3.63) is 56.5 Å². The fourth-order valence-electron chi connectivity index (χ4n) is 2.76. The molecule has 150 valence electrons. The van der Waals surface area contributed by atoms with Gasteiger partial charge in [-0.15, -0.1) is 0 Å². The molecule has 4 amide bonds. The highest BCUT2D eigenvalue weighted by Crippen LogP contribution is 2.37. The summed E-state index contributed by atoms with van der Waals surface area (Å²) in [5.74, 6) is -0.525. The van der Waals surface area contributed by atoms with Gasteiger partial charge in [-0.2, -0.15) is 0 Å². The van der Waals surface area contributed by atoms with Crippen molar-refractivity contribution >= 4 is 61.5 Å². The molecule has 29 heavy (non-hydrogen) atoms. The van der Waals surface area contributed by atoms with E-state index in [0.29, 0.717) is 33.8 Å². The van der Waals surface area contributed by atoms with Crippen molar-refractivity contribution in [3.63, 3.8) is 0 Å². The number of urea groups is 1. The molecule has 1 aliphatic heterocycles. The molecule has 7 nitrogen and oxygen atoms in total. The number of amides is 4. The molecular formula is C20H16Br2N2O5. The van der Waals surface area contributed by atoms with E-state index in [1.54, 1.807) is 36.4 Å². The lowest BCUT2D eigenvalue weighted by Crippen LogP contribution is -2.54. The van der Waals surface area contributed by atoms with E-state index in [-0.39, 0.29) is 5.57 Å². The Balaban J connectivity index is 2.02. The minimum atomic E-state index is -0.801. The lowest BCUT2D eigenvalue weighted by molar-refractivity contribution is -0.122. The minimum absolute atomic E-state index is 0.175. The average molecular weight is 524 g/mol. The third-order valence-electron chi connectivity index (χ3n) is 4.04. The van der Waals surface area contributed by atoms with E-state index in [2.05, 4.69) is 37.2 Å². The Morgan fingerprint density at radius 3 is 2.41 bits per heavy atom. The second kappa shape index (κ2) is 8.79. The SMILES string of the molecule is CCOc1c(Br)cc(/C=C2\C(=O)NC(=O)N(c3ccc(Br)cc3)C2=O)cc1OC. The standard InChI is InChI=1S/C20H16Br2N2O5/c1-3-29-17-15(22)9-11(10-16(17)28-2)8-14-18(25)23-20(27)24(19(14)26)13-6-4-12(21)5-7-13/h4-10H,3H2,1-2H3,(H,23,25,27)/b14-8+. The third kappa shape index (κ3) is 4.35. The van der Waals surface area contributed by atoms with Crippen molar-refractivity contribution in [1.82, 2.24) is 5.32 Å². The van der Waals surface area contributed by atoms with Crippen LogP contribution >= 0.6 is 31.9 Å². The number of hydrogen-bond donors (Lipinski definition) is 1. The molecule has 1 fully saturated rings. The van der Waals surface area contributed by atoms with Gasteiger partial charge in [0.05, 0.1) is 23.9 Å². The first-order valence-corrected chi connectivity index (χ1v) is 10.1. The number of carbonyl (C=O) groups is 3. The van der Waals surface area contributed by atoms with Gasteiger partial charge in [-0.3, -0.25) is 14.9 Å². The molecule has 9 heteroatoms. The first-order valence-electron chi connectivity index (χ1n) is 8.53. The molecule has 0 radical (unpaired) electrons. The monoisotopic (exact) mass is 522 g/mol. The molecule has 1 aliphatic rings. The lowest BCUT2D eigenvalue weighted by atomic mass is 10.1. The molecule has 0 aromatic heterocycles. The molecule has 0 spiro atoms. The van der Waals surface area contributed by atoms with Crippen molar-refractivity contribution < 1.29 is 23.9 Å². The Labute approximate surface area is 183 Å². The summed E-state index contributed by atoms with van der Waals surface area (Å²) in [7, 11) is 1.49. The van der Waals surface area contributed by atoms with Crippen LogP contribution in [-0.4, -0.2) is 31.6 Å². The quantitative estimate of drug-likeness (QED) is 0.467. The summed E-state index contributed by atoms with van der Waals surface area (Å²) in [6, 6.07) is 9.14. The molecule has 3 rings (SSSR count). The zero-order valence-electron chi connectivity index (χ0n) is 15.5. The van der Waals surface area contributed by atoms with Crippen LogP contribution in [0, 0.1) is 0 Å². The molecule has 0 atom stereocenters. The van der Waals surface area contributed by atoms with Crippen molar-refractivity contribution in [3.8, 4) is 11.5 Å². The molecule has 1 heterocycles. The number of hydrogen-bond acceptors (Lipinski definition) is 5. The molecule has 0 saturated carbocycles. The number of halogens is 2. The Bertz CT molecular complexity index is 1020. The zero-order valence-corrected chi connectivity index (χ0v) is 18.7. The maximum absolute atomic E-state index is 12.9. The van der Waals surface area contributed by atoms with Gasteiger partial charge in [-0.05, 0) is 70.9 Å². The summed E-state index contributed by atoms with van der Waals surface area (Å²) in [5, 5.41) is 2.20.